The van der Waals surface area contributed by atoms with Crippen LogP contribution in [0.1, 0.15) is 49.2 Å². The van der Waals surface area contributed by atoms with Crippen LogP contribution >= 0.6 is 0 Å². The second-order valence-electron chi connectivity index (χ2n) is 13.6. The Balaban J connectivity index is 1.80. The van der Waals surface area contributed by atoms with Gasteiger partial charge < -0.3 is 19.0 Å². The van der Waals surface area contributed by atoms with E-state index in [1.54, 1.807) is 25.1 Å². The van der Waals surface area contributed by atoms with Crippen LogP contribution in [0, 0.1) is 18.6 Å². The maximum absolute atomic E-state index is 15.0. The third-order valence-electron chi connectivity index (χ3n) is 9.05. The zero-order valence-corrected chi connectivity index (χ0v) is 31.0. The van der Waals surface area contributed by atoms with Gasteiger partial charge in [0.15, 0.2) is 20.0 Å². The van der Waals surface area contributed by atoms with Crippen molar-refractivity contribution in [2.45, 2.75) is 64.3 Å². The Labute approximate surface area is 290 Å². The molecule has 0 atom stereocenters. The molecule has 5 aromatic rings. The van der Waals surface area contributed by atoms with Crippen molar-refractivity contribution in [2.75, 3.05) is 11.9 Å². The van der Waals surface area contributed by atoms with E-state index in [4.69, 9.17) is 9.16 Å². The number of aromatic nitrogens is 3. The minimum Gasteiger partial charge on any atom is -0.462 e. The molecular formula is C36H40F2N4O6SSi. The van der Waals surface area contributed by atoms with E-state index in [1.165, 1.54) is 48.3 Å². The van der Waals surface area contributed by atoms with Gasteiger partial charge in [-0.2, -0.15) is 0 Å². The minimum atomic E-state index is -4.20. The molecule has 50 heavy (non-hydrogen) atoms. The van der Waals surface area contributed by atoms with Crippen LogP contribution in [0.2, 0.25) is 18.1 Å². The van der Waals surface area contributed by atoms with Gasteiger partial charge in [0.1, 0.15) is 11.3 Å². The third-order valence-corrected chi connectivity index (χ3v) is 15.2. The number of anilines is 2. The van der Waals surface area contributed by atoms with Gasteiger partial charge >= 0.3 is 5.97 Å². The maximum Gasteiger partial charge on any atom is 0.338 e. The average Bonchev–Trinajstić information content (AvgIpc) is 3.50. The Kier molecular flexibility index (Phi) is 9.94. The second-order valence-corrected chi connectivity index (χ2v) is 20.2. The topological polar surface area (TPSA) is 122 Å². The van der Waals surface area contributed by atoms with Crippen LogP contribution in [0.15, 0.2) is 76.8 Å². The van der Waals surface area contributed by atoms with Gasteiger partial charge in [-0.1, -0.05) is 38.5 Å². The molecule has 2 aromatic carbocycles. The van der Waals surface area contributed by atoms with Crippen molar-refractivity contribution < 1.29 is 31.2 Å². The molecule has 0 aliphatic rings. The van der Waals surface area contributed by atoms with E-state index in [0.717, 1.165) is 15.7 Å². The van der Waals surface area contributed by atoms with Gasteiger partial charge in [0.2, 0.25) is 0 Å². The molecule has 0 aliphatic carbocycles. The monoisotopic (exact) mass is 722 g/mol. The van der Waals surface area contributed by atoms with Gasteiger partial charge in [0.25, 0.3) is 15.6 Å². The van der Waals surface area contributed by atoms with Crippen molar-refractivity contribution >= 4 is 46.7 Å². The van der Waals surface area contributed by atoms with Gasteiger partial charge in [0, 0.05) is 47.7 Å². The van der Waals surface area contributed by atoms with E-state index < -0.39 is 41.5 Å². The quantitative estimate of drug-likeness (QED) is 0.115. The average molecular weight is 723 g/mol. The van der Waals surface area contributed by atoms with Gasteiger partial charge in [-0.25, -0.2) is 30.9 Å². The molecule has 0 aliphatic heterocycles. The lowest BCUT2D eigenvalue weighted by Crippen LogP contribution is -2.40. The predicted octanol–water partition coefficient (Wildman–Crippen LogP) is 7.67. The van der Waals surface area contributed by atoms with E-state index in [0.29, 0.717) is 22.8 Å². The first-order chi connectivity index (χ1) is 23.4. The molecular weight excluding hydrogens is 683 g/mol. The molecule has 5 rings (SSSR count). The maximum atomic E-state index is 15.0. The van der Waals surface area contributed by atoms with Gasteiger partial charge in [-0.05, 0) is 67.9 Å². The summed E-state index contributed by atoms with van der Waals surface area (Å²) in [6.45, 7) is 14.0. The molecule has 0 amide bonds. The summed E-state index contributed by atoms with van der Waals surface area (Å²) in [5.41, 5.74) is 1.68. The van der Waals surface area contributed by atoms with Gasteiger partial charge in [-0.3, -0.25) is 4.79 Å². The van der Waals surface area contributed by atoms with E-state index in [-0.39, 0.29) is 51.1 Å². The molecule has 0 spiro atoms. The molecule has 3 heterocycles. The summed E-state index contributed by atoms with van der Waals surface area (Å²) >= 11 is 0. The molecule has 0 unspecified atom stereocenters. The number of ether oxygens (including phenoxy) is 1. The van der Waals surface area contributed by atoms with Crippen LogP contribution < -0.4 is 10.9 Å². The van der Waals surface area contributed by atoms with Crippen LogP contribution in [0.5, 0.6) is 0 Å². The van der Waals surface area contributed by atoms with E-state index >= 15 is 0 Å². The third kappa shape index (κ3) is 7.00. The summed E-state index contributed by atoms with van der Waals surface area (Å²) in [7, 11) is -5.05. The molecule has 264 valence electrons. The Morgan fingerprint density at radius 1 is 1.04 bits per heavy atom. The number of hydrogen-bond donors (Lipinski definition) is 1. The first kappa shape index (κ1) is 36.6. The number of carbonyl (C=O) groups is 1. The molecule has 3 aromatic heterocycles. The van der Waals surface area contributed by atoms with E-state index in [1.807, 2.05) is 6.92 Å². The number of benzene rings is 2. The number of rotatable bonds is 10. The fourth-order valence-electron chi connectivity index (χ4n) is 5.17. The summed E-state index contributed by atoms with van der Waals surface area (Å²) in [4.78, 5) is 30.9. The van der Waals surface area contributed by atoms with Crippen LogP contribution in [-0.4, -0.2) is 42.8 Å². The normalized spacial score (nSPS) is 12.4. The number of aryl methyl sites for hydroxylation is 2. The molecule has 1 N–H and O–H groups in total. The lowest BCUT2D eigenvalue weighted by molar-refractivity contribution is 0.0523. The highest BCUT2D eigenvalue weighted by Gasteiger charge is 2.37. The fourth-order valence-corrected chi connectivity index (χ4v) is 7.46. The van der Waals surface area contributed by atoms with E-state index in [2.05, 4.69) is 44.2 Å². The number of esters is 1. The zero-order valence-electron chi connectivity index (χ0n) is 29.2. The highest BCUT2D eigenvalue weighted by atomic mass is 32.2. The molecule has 0 saturated carbocycles. The number of pyridine rings is 2. The first-order valence-electron chi connectivity index (χ1n) is 15.9. The number of fused-ring (bicyclic) bond motifs is 1. The number of nitrogens with zero attached hydrogens (tertiary/aromatic N) is 3. The Bertz CT molecular complexity index is 2280. The number of hydrogen-bond acceptors (Lipinski definition) is 8. The van der Waals surface area contributed by atoms with Crippen LogP contribution in [0.3, 0.4) is 0 Å². The van der Waals surface area contributed by atoms with Crippen molar-refractivity contribution in [3.8, 4) is 11.1 Å². The van der Waals surface area contributed by atoms with Gasteiger partial charge in [0.05, 0.1) is 29.9 Å². The minimum absolute atomic E-state index is 0.00266. The largest absolute Gasteiger partial charge is 0.462 e. The second kappa shape index (κ2) is 13.6. The highest BCUT2D eigenvalue weighted by Crippen LogP contribution is 2.40. The smallest absolute Gasteiger partial charge is 0.338 e. The number of carbonyl (C=O) groups excluding carboxylic acids is 1. The van der Waals surface area contributed by atoms with Crippen molar-refractivity contribution in [3.05, 3.63) is 106 Å². The van der Waals surface area contributed by atoms with Crippen molar-refractivity contribution in [1.82, 2.24) is 13.5 Å². The van der Waals surface area contributed by atoms with Gasteiger partial charge in [-0.15, -0.1) is 0 Å². The van der Waals surface area contributed by atoms with Crippen LogP contribution in [0.25, 0.3) is 22.0 Å². The van der Waals surface area contributed by atoms with Crippen LogP contribution in [-0.2, 0) is 32.8 Å². The standard InChI is InChI=1S/C36H40F2N4O6SSi/c1-9-47-35(44)27-18-31(40-33-30(38)17-24(37)19-39-33)28(16-23(27)21-48-50(7,8)36(3,4)5)29-20-41(6)34(43)32-26(29)14-15-42(32)49(45,46)25-12-10-22(2)11-13-25/h10-20H,9,21H2,1-8H3,(H,39,40). The molecule has 0 bridgehead atoms. The SMILES string of the molecule is CCOC(=O)c1cc(Nc2ncc(F)cc2F)c(-c2cn(C)c(=O)c3c2ccn3S(=O)(=O)c2ccc(C)cc2)cc1CO[Si](C)(C)C(C)(C)C. The molecule has 10 nitrogen and oxygen atoms in total. The summed E-state index contributed by atoms with van der Waals surface area (Å²) < 4.78 is 70.6. The molecule has 14 heteroatoms. The number of halogens is 2. The van der Waals surface area contributed by atoms with Crippen molar-refractivity contribution in [1.29, 1.82) is 0 Å². The Morgan fingerprint density at radius 2 is 1.72 bits per heavy atom. The summed E-state index contributed by atoms with van der Waals surface area (Å²) in [6, 6.07) is 11.6. The molecule has 0 fully saturated rings. The Hall–Kier alpha value is -4.66. The predicted molar refractivity (Wildman–Crippen MR) is 192 cm³/mol. The Morgan fingerprint density at radius 3 is 2.34 bits per heavy atom. The van der Waals surface area contributed by atoms with E-state index in [9.17, 15) is 26.8 Å². The molecule has 0 radical (unpaired) electrons. The molecule has 0 saturated heterocycles. The lowest BCUT2D eigenvalue weighted by Gasteiger charge is -2.36. The summed E-state index contributed by atoms with van der Waals surface area (Å²) in [5.74, 6) is -2.84. The van der Waals surface area contributed by atoms with Crippen molar-refractivity contribution in [3.63, 3.8) is 0 Å². The zero-order chi connectivity index (χ0) is 36.8. The number of nitrogens with one attached hydrogen (secondary N) is 1. The highest BCUT2D eigenvalue weighted by molar-refractivity contribution is 7.90. The lowest BCUT2D eigenvalue weighted by atomic mass is 9.96. The summed E-state index contributed by atoms with van der Waals surface area (Å²) in [6.07, 6.45) is 3.69. The first-order valence-corrected chi connectivity index (χ1v) is 20.3. The van der Waals surface area contributed by atoms with Crippen LogP contribution in [0.4, 0.5) is 20.3 Å². The van der Waals surface area contributed by atoms with Crippen molar-refractivity contribution in [2.24, 2.45) is 7.05 Å². The summed E-state index contributed by atoms with van der Waals surface area (Å²) in [5, 5.41) is 3.02. The fraction of sp³-hybridized carbons (Fsp3) is 0.306.